The molecule has 2 fully saturated rings. The van der Waals surface area contributed by atoms with Crippen LogP contribution in [-0.4, -0.2) is 45.2 Å². The minimum atomic E-state index is -0.652. The Morgan fingerprint density at radius 1 is 1.26 bits per heavy atom. The molecule has 3 rings (SSSR count). The van der Waals surface area contributed by atoms with Crippen LogP contribution in [0.1, 0.15) is 86.0 Å². The van der Waals surface area contributed by atoms with Crippen LogP contribution in [0.3, 0.4) is 0 Å². The topological polar surface area (TPSA) is 51.7 Å². The maximum atomic E-state index is 13.2. The highest BCUT2D eigenvalue weighted by Gasteiger charge is 2.51. The lowest BCUT2D eigenvalue weighted by Crippen LogP contribution is -2.50. The molecule has 2 atom stereocenters. The molecule has 1 amide bonds. The van der Waals surface area contributed by atoms with Crippen LogP contribution in [0.4, 0.5) is 4.79 Å². The maximum Gasteiger partial charge on any atom is 0.412 e. The third kappa shape index (κ3) is 7.11. The van der Waals surface area contributed by atoms with Crippen LogP contribution in [-0.2, 0) is 9.47 Å². The van der Waals surface area contributed by atoms with Crippen molar-refractivity contribution in [2.75, 3.05) is 5.75 Å². The molecule has 1 saturated heterocycles. The largest absolute Gasteiger partial charge is 0.444 e. The number of ether oxygens (including phenoxy) is 2. The first-order valence-corrected chi connectivity index (χ1v) is 12.9. The summed E-state index contributed by atoms with van der Waals surface area (Å²) < 4.78 is 12.3. The van der Waals surface area contributed by atoms with Gasteiger partial charge in [0.1, 0.15) is 11.3 Å². The second-order valence-corrected chi connectivity index (χ2v) is 11.5. The zero-order valence-electron chi connectivity index (χ0n) is 19.9. The Morgan fingerprint density at radius 2 is 2.00 bits per heavy atom. The molecule has 2 heterocycles. The average Bonchev–Trinajstić information content (AvgIpc) is 2.95. The SMILES string of the molecule is CC(C)(C)OC(=O)N1[C@@H](CC2CCCCC2)[C@H](CCCSc2ccccn2)OC1(C)C. The standard InChI is InChI=1S/C25H40N2O3S/c1-24(2,3)30-23(28)27-20(18-19-12-7-6-8-13-19)21(29-25(27,4)5)14-11-17-31-22-15-9-10-16-26-22/h9-10,15-16,19-21H,6-8,11-14,17-18H2,1-5H3/t20-,21-/m0/s1. The van der Waals surface area contributed by atoms with Gasteiger partial charge in [0.2, 0.25) is 0 Å². The normalized spacial score (nSPS) is 24.4. The Hall–Kier alpha value is -1.27. The van der Waals surface area contributed by atoms with Crippen molar-refractivity contribution in [3.63, 3.8) is 0 Å². The number of hydrogen-bond donors (Lipinski definition) is 0. The predicted molar refractivity (Wildman–Crippen MR) is 126 cm³/mol. The van der Waals surface area contributed by atoms with Crippen LogP contribution in [0, 0.1) is 5.92 Å². The van der Waals surface area contributed by atoms with Gasteiger partial charge in [0.25, 0.3) is 0 Å². The van der Waals surface area contributed by atoms with Crippen molar-refractivity contribution in [3.8, 4) is 0 Å². The highest BCUT2D eigenvalue weighted by molar-refractivity contribution is 7.99. The van der Waals surface area contributed by atoms with E-state index in [1.54, 1.807) is 11.8 Å². The van der Waals surface area contributed by atoms with Gasteiger partial charge in [-0.2, -0.15) is 0 Å². The summed E-state index contributed by atoms with van der Waals surface area (Å²) in [7, 11) is 0. The number of hydrogen-bond acceptors (Lipinski definition) is 5. The van der Waals surface area contributed by atoms with E-state index >= 15 is 0 Å². The van der Waals surface area contributed by atoms with Gasteiger partial charge >= 0.3 is 6.09 Å². The van der Waals surface area contributed by atoms with Crippen molar-refractivity contribution in [2.45, 2.75) is 114 Å². The van der Waals surface area contributed by atoms with Gasteiger partial charge in [0.15, 0.2) is 0 Å². The monoisotopic (exact) mass is 448 g/mol. The summed E-state index contributed by atoms with van der Waals surface area (Å²) in [5.74, 6) is 1.67. The molecule has 0 N–H and O–H groups in total. The molecule has 1 aliphatic heterocycles. The summed E-state index contributed by atoms with van der Waals surface area (Å²) in [5.41, 5.74) is -1.17. The molecule has 0 unspecified atom stereocenters. The highest BCUT2D eigenvalue weighted by Crippen LogP contribution is 2.40. The third-order valence-corrected chi connectivity index (χ3v) is 7.22. The molecule has 31 heavy (non-hydrogen) atoms. The Morgan fingerprint density at radius 3 is 2.65 bits per heavy atom. The zero-order chi connectivity index (χ0) is 22.5. The van der Waals surface area contributed by atoms with Crippen LogP contribution in [0.15, 0.2) is 29.4 Å². The first-order valence-electron chi connectivity index (χ1n) is 11.9. The number of thioether (sulfide) groups is 1. The summed E-state index contributed by atoms with van der Waals surface area (Å²) in [6, 6.07) is 6.10. The molecule has 1 aromatic rings. The van der Waals surface area contributed by atoms with E-state index in [1.807, 2.05) is 57.8 Å². The van der Waals surface area contributed by atoms with E-state index in [-0.39, 0.29) is 18.2 Å². The van der Waals surface area contributed by atoms with Gasteiger partial charge < -0.3 is 9.47 Å². The van der Waals surface area contributed by atoms with Gasteiger partial charge in [-0.05, 0) is 77.7 Å². The minimum absolute atomic E-state index is 0.0498. The van der Waals surface area contributed by atoms with Gasteiger partial charge in [-0.3, -0.25) is 4.90 Å². The van der Waals surface area contributed by atoms with E-state index in [0.29, 0.717) is 5.92 Å². The zero-order valence-corrected chi connectivity index (χ0v) is 20.7. The number of pyridine rings is 1. The molecule has 0 bridgehead atoms. The molecule has 1 aliphatic carbocycles. The molecule has 1 saturated carbocycles. The van der Waals surface area contributed by atoms with E-state index in [1.165, 1.54) is 32.1 Å². The van der Waals surface area contributed by atoms with Gasteiger partial charge in [0.05, 0.1) is 17.2 Å². The quantitative estimate of drug-likeness (QED) is 0.345. The fraction of sp³-hybridized carbons (Fsp3) is 0.760. The lowest BCUT2D eigenvalue weighted by Gasteiger charge is -2.37. The second-order valence-electron chi connectivity index (χ2n) is 10.4. The second kappa shape index (κ2) is 10.6. The van der Waals surface area contributed by atoms with Crippen molar-refractivity contribution in [1.82, 2.24) is 9.88 Å². The van der Waals surface area contributed by atoms with Crippen molar-refractivity contribution >= 4 is 17.9 Å². The Labute approximate surface area is 192 Å². The lowest BCUT2D eigenvalue weighted by atomic mass is 9.83. The predicted octanol–water partition coefficient (Wildman–Crippen LogP) is 6.66. The number of carbonyl (C=O) groups is 1. The van der Waals surface area contributed by atoms with Gasteiger partial charge in [0, 0.05) is 6.20 Å². The molecule has 0 spiro atoms. The first kappa shape index (κ1) is 24.4. The first-order chi connectivity index (χ1) is 14.7. The van der Waals surface area contributed by atoms with Crippen LogP contribution >= 0.6 is 11.8 Å². The van der Waals surface area contributed by atoms with Crippen LogP contribution < -0.4 is 0 Å². The highest BCUT2D eigenvalue weighted by atomic mass is 32.2. The summed E-state index contributed by atoms with van der Waals surface area (Å²) >= 11 is 1.78. The Balaban J connectivity index is 1.67. The number of carbonyl (C=O) groups excluding carboxylic acids is 1. The van der Waals surface area contributed by atoms with E-state index in [2.05, 4.69) is 11.1 Å². The fourth-order valence-corrected chi connectivity index (χ4v) is 5.73. The average molecular weight is 449 g/mol. The van der Waals surface area contributed by atoms with Crippen LogP contribution in [0.5, 0.6) is 0 Å². The van der Waals surface area contributed by atoms with Crippen LogP contribution in [0.25, 0.3) is 0 Å². The summed E-state index contributed by atoms with van der Waals surface area (Å²) in [4.78, 5) is 19.5. The third-order valence-electron chi connectivity index (χ3n) is 6.19. The van der Waals surface area contributed by atoms with Crippen molar-refractivity contribution < 1.29 is 14.3 Å². The molecule has 1 aromatic heterocycles. The van der Waals surface area contributed by atoms with E-state index in [9.17, 15) is 4.79 Å². The molecule has 5 nitrogen and oxygen atoms in total. The van der Waals surface area contributed by atoms with E-state index < -0.39 is 11.3 Å². The number of amides is 1. The molecule has 174 valence electrons. The summed E-state index contributed by atoms with van der Waals surface area (Å²) in [5, 5.41) is 1.06. The Bertz CT molecular complexity index is 698. The number of nitrogens with zero attached hydrogens (tertiary/aromatic N) is 2. The van der Waals surface area contributed by atoms with Gasteiger partial charge in [-0.25, -0.2) is 9.78 Å². The molecular weight excluding hydrogens is 408 g/mol. The fourth-order valence-electron chi connectivity index (χ4n) is 4.90. The van der Waals surface area contributed by atoms with Crippen molar-refractivity contribution in [1.29, 1.82) is 0 Å². The smallest absolute Gasteiger partial charge is 0.412 e. The molecule has 6 heteroatoms. The van der Waals surface area contributed by atoms with Crippen molar-refractivity contribution in [3.05, 3.63) is 24.4 Å². The minimum Gasteiger partial charge on any atom is -0.444 e. The van der Waals surface area contributed by atoms with Gasteiger partial charge in [-0.15, -0.1) is 11.8 Å². The molecule has 0 aromatic carbocycles. The van der Waals surface area contributed by atoms with Gasteiger partial charge in [-0.1, -0.05) is 38.2 Å². The number of aromatic nitrogens is 1. The molecule has 0 radical (unpaired) electrons. The van der Waals surface area contributed by atoms with E-state index in [4.69, 9.17) is 9.47 Å². The molecular formula is C25H40N2O3S. The van der Waals surface area contributed by atoms with Crippen LogP contribution in [0.2, 0.25) is 0 Å². The lowest BCUT2D eigenvalue weighted by molar-refractivity contribution is -0.0799. The molecule has 2 aliphatic rings. The number of rotatable bonds is 7. The van der Waals surface area contributed by atoms with E-state index in [0.717, 1.165) is 30.0 Å². The summed E-state index contributed by atoms with van der Waals surface area (Å²) in [6.45, 7) is 9.80. The van der Waals surface area contributed by atoms with Crippen molar-refractivity contribution in [2.24, 2.45) is 5.92 Å². The maximum absolute atomic E-state index is 13.2. The summed E-state index contributed by atoms with van der Waals surface area (Å²) in [6.07, 6.45) is 11.1. The Kier molecular flexibility index (Phi) is 8.31.